The molecule has 0 unspecified atom stereocenters. The summed E-state index contributed by atoms with van der Waals surface area (Å²) in [6, 6.07) is 10.1. The molecule has 0 aliphatic heterocycles. The molecule has 6 nitrogen and oxygen atoms in total. The first-order valence-corrected chi connectivity index (χ1v) is 8.03. The maximum atomic E-state index is 11.7. The molecule has 0 fully saturated rings. The lowest BCUT2D eigenvalue weighted by molar-refractivity contribution is 0.602. The van der Waals surface area contributed by atoms with Gasteiger partial charge in [-0.15, -0.1) is 0 Å². The second-order valence-corrected chi connectivity index (χ2v) is 6.62. The summed E-state index contributed by atoms with van der Waals surface area (Å²) in [4.78, 5) is 12.8. The molecule has 7 heteroatoms. The van der Waals surface area contributed by atoms with Gasteiger partial charge in [0.2, 0.25) is 5.95 Å². The summed E-state index contributed by atoms with van der Waals surface area (Å²) in [5.41, 5.74) is 8.07. The summed E-state index contributed by atoms with van der Waals surface area (Å²) >= 11 is 0. The van der Waals surface area contributed by atoms with Crippen LogP contribution >= 0.6 is 0 Å². The first-order chi connectivity index (χ1) is 9.95. The molecule has 0 amide bonds. The van der Waals surface area contributed by atoms with Gasteiger partial charge in [-0.2, -0.15) is 0 Å². The quantitative estimate of drug-likeness (QED) is 0.773. The topological polar surface area (TPSA) is 98.8 Å². The van der Waals surface area contributed by atoms with Crippen LogP contribution in [0.5, 0.6) is 0 Å². The number of fused-ring (bicyclic) bond motifs is 1. The molecule has 1 aromatic carbocycles. The van der Waals surface area contributed by atoms with Gasteiger partial charge >= 0.3 is 0 Å². The largest absolute Gasteiger partial charge is 0.368 e. The average molecular weight is 300 g/mol. The second kappa shape index (κ2) is 4.78. The fourth-order valence-electron chi connectivity index (χ4n) is 2.06. The SMILES string of the molecule is CS(=O)(=O)c1cccc(-c2nc(N)nc3cccnc23)c1. The number of aromatic nitrogens is 3. The lowest BCUT2D eigenvalue weighted by atomic mass is 10.1. The van der Waals surface area contributed by atoms with Gasteiger partial charge in [0, 0.05) is 18.0 Å². The van der Waals surface area contributed by atoms with Crippen LogP contribution in [0.4, 0.5) is 5.95 Å². The number of anilines is 1. The van der Waals surface area contributed by atoms with Gasteiger partial charge in [-0.1, -0.05) is 12.1 Å². The maximum absolute atomic E-state index is 11.7. The van der Waals surface area contributed by atoms with Crippen molar-refractivity contribution in [3.8, 4) is 11.3 Å². The molecule has 0 spiro atoms. The number of nitrogens with two attached hydrogens (primary N) is 1. The average Bonchev–Trinajstić information content (AvgIpc) is 2.45. The van der Waals surface area contributed by atoms with E-state index in [1.54, 1.807) is 42.6 Å². The molecule has 0 atom stereocenters. The predicted molar refractivity (Wildman–Crippen MR) is 80.3 cm³/mol. The van der Waals surface area contributed by atoms with Crippen LogP contribution < -0.4 is 5.73 Å². The van der Waals surface area contributed by atoms with E-state index in [0.717, 1.165) is 6.26 Å². The van der Waals surface area contributed by atoms with Crippen molar-refractivity contribution in [2.24, 2.45) is 0 Å². The van der Waals surface area contributed by atoms with Gasteiger partial charge in [0.15, 0.2) is 9.84 Å². The van der Waals surface area contributed by atoms with Crippen LogP contribution in [0.2, 0.25) is 0 Å². The summed E-state index contributed by atoms with van der Waals surface area (Å²) in [6.07, 6.45) is 2.79. The van der Waals surface area contributed by atoms with Crippen molar-refractivity contribution < 1.29 is 8.42 Å². The molecule has 106 valence electrons. The monoisotopic (exact) mass is 300 g/mol. The van der Waals surface area contributed by atoms with E-state index in [2.05, 4.69) is 15.0 Å². The summed E-state index contributed by atoms with van der Waals surface area (Å²) in [5, 5.41) is 0. The molecule has 2 heterocycles. The van der Waals surface area contributed by atoms with Crippen molar-refractivity contribution in [3.63, 3.8) is 0 Å². The zero-order valence-corrected chi connectivity index (χ0v) is 12.0. The van der Waals surface area contributed by atoms with Crippen LogP contribution in [0, 0.1) is 0 Å². The molecular weight excluding hydrogens is 288 g/mol. The van der Waals surface area contributed by atoms with E-state index >= 15 is 0 Å². The molecule has 2 N–H and O–H groups in total. The van der Waals surface area contributed by atoms with Gasteiger partial charge in [-0.05, 0) is 24.3 Å². The highest BCUT2D eigenvalue weighted by Crippen LogP contribution is 2.26. The van der Waals surface area contributed by atoms with Crippen LogP contribution in [0.3, 0.4) is 0 Å². The molecule has 0 saturated carbocycles. The van der Waals surface area contributed by atoms with Crippen LogP contribution in [0.1, 0.15) is 0 Å². The van der Waals surface area contributed by atoms with Crippen LogP contribution in [-0.4, -0.2) is 29.6 Å². The minimum Gasteiger partial charge on any atom is -0.368 e. The normalized spacial score (nSPS) is 11.7. The van der Waals surface area contributed by atoms with E-state index in [1.165, 1.54) is 0 Å². The number of pyridine rings is 1. The minimum absolute atomic E-state index is 0.121. The summed E-state index contributed by atoms with van der Waals surface area (Å²) in [5.74, 6) is 0.121. The second-order valence-electron chi connectivity index (χ2n) is 4.60. The third-order valence-corrected chi connectivity index (χ3v) is 4.12. The lowest BCUT2D eigenvalue weighted by Gasteiger charge is -2.07. The van der Waals surface area contributed by atoms with Gasteiger partial charge in [-0.25, -0.2) is 18.4 Å². The Morgan fingerprint density at radius 1 is 1.10 bits per heavy atom. The van der Waals surface area contributed by atoms with Gasteiger partial charge in [-0.3, -0.25) is 4.98 Å². The minimum atomic E-state index is -3.29. The third kappa shape index (κ3) is 2.55. The fourth-order valence-corrected chi connectivity index (χ4v) is 2.73. The number of nitrogen functional groups attached to an aromatic ring is 1. The van der Waals surface area contributed by atoms with Gasteiger partial charge in [0.1, 0.15) is 11.2 Å². The number of rotatable bonds is 2. The Morgan fingerprint density at radius 3 is 2.67 bits per heavy atom. The van der Waals surface area contributed by atoms with E-state index < -0.39 is 9.84 Å². The highest BCUT2D eigenvalue weighted by molar-refractivity contribution is 7.90. The molecule has 21 heavy (non-hydrogen) atoms. The van der Waals surface area contributed by atoms with E-state index in [-0.39, 0.29) is 10.8 Å². The zero-order valence-electron chi connectivity index (χ0n) is 11.2. The molecule has 0 aliphatic rings. The Kier molecular flexibility index (Phi) is 3.06. The number of benzene rings is 1. The fraction of sp³-hybridized carbons (Fsp3) is 0.0714. The van der Waals surface area contributed by atoms with Crippen molar-refractivity contribution in [3.05, 3.63) is 42.6 Å². The van der Waals surface area contributed by atoms with Crippen molar-refractivity contribution in [1.29, 1.82) is 0 Å². The standard InChI is InChI=1S/C14H12N4O2S/c1-21(19,20)10-5-2-4-9(8-10)12-13-11(6-3-7-16-13)17-14(15)18-12/h2-8H,1H3,(H2,15,17,18). The van der Waals surface area contributed by atoms with Gasteiger partial charge < -0.3 is 5.73 Å². The first kappa shape index (κ1) is 13.4. The van der Waals surface area contributed by atoms with E-state index in [9.17, 15) is 8.42 Å². The summed E-state index contributed by atoms with van der Waals surface area (Å²) in [6.45, 7) is 0. The Labute approximate surface area is 121 Å². The van der Waals surface area contributed by atoms with E-state index in [0.29, 0.717) is 22.3 Å². The van der Waals surface area contributed by atoms with Crippen molar-refractivity contribution in [2.75, 3.05) is 12.0 Å². The van der Waals surface area contributed by atoms with Crippen LogP contribution in [0.25, 0.3) is 22.3 Å². The van der Waals surface area contributed by atoms with Crippen molar-refractivity contribution >= 4 is 26.8 Å². The maximum Gasteiger partial charge on any atom is 0.221 e. The number of nitrogens with zero attached hydrogens (tertiary/aromatic N) is 3. The highest BCUT2D eigenvalue weighted by Gasteiger charge is 2.13. The smallest absolute Gasteiger partial charge is 0.221 e. The Morgan fingerprint density at radius 2 is 1.90 bits per heavy atom. The summed E-state index contributed by atoms with van der Waals surface area (Å²) in [7, 11) is -3.29. The van der Waals surface area contributed by atoms with Gasteiger partial charge in [0.05, 0.1) is 10.4 Å². The molecular formula is C14H12N4O2S. The molecule has 0 aliphatic carbocycles. The molecule has 0 bridgehead atoms. The molecule has 3 rings (SSSR count). The number of sulfone groups is 1. The molecule has 0 saturated heterocycles. The Hall–Kier alpha value is -2.54. The highest BCUT2D eigenvalue weighted by atomic mass is 32.2. The Balaban J connectivity index is 2.31. The van der Waals surface area contributed by atoms with Gasteiger partial charge in [0.25, 0.3) is 0 Å². The molecule has 3 aromatic rings. The van der Waals surface area contributed by atoms with E-state index in [4.69, 9.17) is 5.73 Å². The van der Waals surface area contributed by atoms with Crippen molar-refractivity contribution in [1.82, 2.24) is 15.0 Å². The number of hydrogen-bond donors (Lipinski definition) is 1. The lowest BCUT2D eigenvalue weighted by Crippen LogP contribution is -2.01. The first-order valence-electron chi connectivity index (χ1n) is 6.14. The molecule has 2 aromatic heterocycles. The number of hydrogen-bond acceptors (Lipinski definition) is 6. The Bertz CT molecular complexity index is 939. The third-order valence-electron chi connectivity index (χ3n) is 3.01. The van der Waals surface area contributed by atoms with Crippen molar-refractivity contribution in [2.45, 2.75) is 4.90 Å². The zero-order chi connectivity index (χ0) is 15.0. The van der Waals surface area contributed by atoms with E-state index in [1.807, 2.05) is 0 Å². The van der Waals surface area contributed by atoms with Crippen LogP contribution in [-0.2, 0) is 9.84 Å². The van der Waals surface area contributed by atoms with Crippen LogP contribution in [0.15, 0.2) is 47.5 Å². The molecule has 0 radical (unpaired) electrons. The predicted octanol–water partition coefficient (Wildman–Crippen LogP) is 1.68. The summed E-state index contributed by atoms with van der Waals surface area (Å²) < 4.78 is 23.3.